The number of rotatable bonds is 4. The monoisotopic (exact) mass is 354 g/mol. The fraction of sp³-hybridized carbons (Fsp3) is 0.706. The van der Waals surface area contributed by atoms with E-state index in [-0.39, 0.29) is 24.1 Å². The Hall–Kier alpha value is -1.99. The molecule has 6 nitrogen and oxygen atoms in total. The molecule has 2 heterocycles. The number of carbonyl (C=O) groups excluding carboxylic acids is 1. The lowest BCUT2D eigenvalue weighted by atomic mass is 10.1. The third kappa shape index (κ3) is 3.52. The van der Waals surface area contributed by atoms with Crippen molar-refractivity contribution in [2.75, 3.05) is 37.7 Å². The normalized spacial score (nSPS) is 22.0. The number of hydrogen-bond donors (Lipinski definition) is 0. The predicted molar refractivity (Wildman–Crippen MR) is 89.0 cm³/mol. The molecule has 0 N–H and O–H groups in total. The first kappa shape index (κ1) is 17.8. The van der Waals surface area contributed by atoms with E-state index in [1.54, 1.807) is 11.8 Å². The quantitative estimate of drug-likeness (QED) is 0.778. The summed E-state index contributed by atoms with van der Waals surface area (Å²) in [5.74, 6) is -2.59. The third-order valence-electron chi connectivity index (χ3n) is 4.83. The Morgan fingerprint density at radius 2 is 2.04 bits per heavy atom. The third-order valence-corrected chi connectivity index (χ3v) is 4.83. The van der Waals surface area contributed by atoms with Gasteiger partial charge in [0.25, 0.3) is 5.92 Å². The van der Waals surface area contributed by atoms with Crippen LogP contribution in [0.25, 0.3) is 0 Å². The molecule has 1 fully saturated rings. The number of amides is 1. The lowest BCUT2D eigenvalue weighted by Gasteiger charge is -2.35. The standard InChI is InChI=1S/C17H24F2N4O2/c1-3-4-9-25-16(24)23-7-5-22(6-8-23)15-13-12(2)10-17(18,19)14(13)20-11-21-15/h11-12H,3-10H2,1-2H3. The molecule has 0 radical (unpaired) electrons. The highest BCUT2D eigenvalue weighted by Crippen LogP contribution is 2.49. The fourth-order valence-electron chi connectivity index (χ4n) is 3.46. The van der Waals surface area contributed by atoms with E-state index in [0.717, 1.165) is 12.8 Å². The average molecular weight is 354 g/mol. The second kappa shape index (κ2) is 7.09. The van der Waals surface area contributed by atoms with Gasteiger partial charge in [-0.1, -0.05) is 20.3 Å². The molecule has 1 amide bonds. The van der Waals surface area contributed by atoms with Gasteiger partial charge in [0.05, 0.1) is 6.61 Å². The molecule has 2 aliphatic rings. The molecule has 1 aliphatic heterocycles. The van der Waals surface area contributed by atoms with Crippen LogP contribution in [0.5, 0.6) is 0 Å². The second-order valence-electron chi connectivity index (χ2n) is 6.71. The minimum Gasteiger partial charge on any atom is -0.449 e. The van der Waals surface area contributed by atoms with Gasteiger partial charge in [-0.05, 0) is 12.3 Å². The predicted octanol–water partition coefficient (Wildman–Crippen LogP) is 3.13. The minimum absolute atomic E-state index is 0.147. The molecule has 8 heteroatoms. The van der Waals surface area contributed by atoms with Crippen molar-refractivity contribution >= 4 is 11.9 Å². The first-order valence-electron chi connectivity index (χ1n) is 8.84. The number of hydrogen-bond acceptors (Lipinski definition) is 5. The molecule has 0 saturated carbocycles. The summed E-state index contributed by atoms with van der Waals surface area (Å²) in [6.45, 7) is 6.34. The average Bonchev–Trinajstić information content (AvgIpc) is 2.84. The van der Waals surface area contributed by atoms with Crippen LogP contribution in [0.2, 0.25) is 0 Å². The molecule has 1 aliphatic carbocycles. The first-order chi connectivity index (χ1) is 11.9. The van der Waals surface area contributed by atoms with Crippen LogP contribution in [0.3, 0.4) is 0 Å². The van der Waals surface area contributed by atoms with Crippen molar-refractivity contribution in [1.29, 1.82) is 0 Å². The number of nitrogens with zero attached hydrogens (tertiary/aromatic N) is 4. The Morgan fingerprint density at radius 1 is 1.32 bits per heavy atom. The summed E-state index contributed by atoms with van der Waals surface area (Å²) in [6.07, 6.45) is 2.51. The van der Waals surface area contributed by atoms with Gasteiger partial charge in [-0.2, -0.15) is 8.78 Å². The van der Waals surface area contributed by atoms with E-state index in [1.165, 1.54) is 6.33 Å². The van der Waals surface area contributed by atoms with Gasteiger partial charge < -0.3 is 14.5 Å². The van der Waals surface area contributed by atoms with Crippen molar-refractivity contribution in [2.24, 2.45) is 0 Å². The number of ether oxygens (including phenoxy) is 1. The smallest absolute Gasteiger partial charge is 0.409 e. The zero-order valence-electron chi connectivity index (χ0n) is 14.7. The molecule has 25 heavy (non-hydrogen) atoms. The zero-order valence-corrected chi connectivity index (χ0v) is 14.7. The van der Waals surface area contributed by atoms with Crippen LogP contribution in [-0.4, -0.2) is 53.7 Å². The molecule has 0 aromatic carbocycles. The summed E-state index contributed by atoms with van der Waals surface area (Å²) in [5.41, 5.74) is 0.401. The molecule has 1 aromatic rings. The Morgan fingerprint density at radius 3 is 2.72 bits per heavy atom. The Balaban J connectivity index is 1.67. The molecule has 3 rings (SSSR count). The number of fused-ring (bicyclic) bond motifs is 1. The van der Waals surface area contributed by atoms with Crippen molar-refractivity contribution in [2.45, 2.75) is 45.0 Å². The summed E-state index contributed by atoms with van der Waals surface area (Å²) in [6, 6.07) is 0. The highest BCUT2D eigenvalue weighted by atomic mass is 19.3. The van der Waals surface area contributed by atoms with E-state index in [2.05, 4.69) is 9.97 Å². The zero-order chi connectivity index (χ0) is 18.0. The maximum atomic E-state index is 14.1. The van der Waals surface area contributed by atoms with Crippen molar-refractivity contribution < 1.29 is 18.3 Å². The van der Waals surface area contributed by atoms with E-state index in [4.69, 9.17) is 4.74 Å². The molecular weight excluding hydrogens is 330 g/mol. The van der Waals surface area contributed by atoms with Crippen LogP contribution >= 0.6 is 0 Å². The van der Waals surface area contributed by atoms with E-state index in [0.29, 0.717) is 44.2 Å². The molecule has 1 saturated heterocycles. The summed E-state index contributed by atoms with van der Waals surface area (Å²) in [7, 11) is 0. The van der Waals surface area contributed by atoms with Crippen molar-refractivity contribution in [3.63, 3.8) is 0 Å². The molecule has 0 spiro atoms. The number of halogens is 2. The summed E-state index contributed by atoms with van der Waals surface area (Å²) in [4.78, 5) is 23.7. The number of unbranched alkanes of at least 4 members (excludes halogenated alkanes) is 1. The maximum absolute atomic E-state index is 14.1. The van der Waals surface area contributed by atoms with Crippen LogP contribution in [-0.2, 0) is 10.7 Å². The molecule has 1 aromatic heterocycles. The van der Waals surface area contributed by atoms with Crippen molar-refractivity contribution in [3.8, 4) is 0 Å². The maximum Gasteiger partial charge on any atom is 0.409 e. The Kier molecular flexibility index (Phi) is 5.06. The second-order valence-corrected chi connectivity index (χ2v) is 6.71. The molecule has 1 atom stereocenters. The van der Waals surface area contributed by atoms with Gasteiger partial charge in [0.1, 0.15) is 17.8 Å². The Bertz CT molecular complexity index is 633. The van der Waals surface area contributed by atoms with Crippen LogP contribution < -0.4 is 4.90 Å². The molecule has 0 bridgehead atoms. The summed E-state index contributed by atoms with van der Waals surface area (Å²) >= 11 is 0. The summed E-state index contributed by atoms with van der Waals surface area (Å²) in [5, 5.41) is 0. The SMILES string of the molecule is CCCCOC(=O)N1CCN(c2ncnc3c2C(C)CC3(F)F)CC1. The topological polar surface area (TPSA) is 58.6 Å². The minimum atomic E-state index is -2.89. The largest absolute Gasteiger partial charge is 0.449 e. The lowest BCUT2D eigenvalue weighted by molar-refractivity contribution is -0.00977. The van der Waals surface area contributed by atoms with Crippen LogP contribution in [0, 0.1) is 0 Å². The van der Waals surface area contributed by atoms with Crippen LogP contribution in [0.1, 0.15) is 50.3 Å². The van der Waals surface area contributed by atoms with Gasteiger partial charge in [0.2, 0.25) is 0 Å². The number of anilines is 1. The Labute approximate surface area is 146 Å². The van der Waals surface area contributed by atoms with E-state index in [1.807, 2.05) is 11.8 Å². The van der Waals surface area contributed by atoms with Gasteiger partial charge in [-0.3, -0.25) is 0 Å². The van der Waals surface area contributed by atoms with Crippen LogP contribution in [0.15, 0.2) is 6.33 Å². The molecule has 138 valence electrons. The van der Waals surface area contributed by atoms with Gasteiger partial charge in [0, 0.05) is 38.2 Å². The van der Waals surface area contributed by atoms with Gasteiger partial charge in [-0.15, -0.1) is 0 Å². The number of piperazine rings is 1. The van der Waals surface area contributed by atoms with Crippen LogP contribution in [0.4, 0.5) is 19.4 Å². The molecule has 1 unspecified atom stereocenters. The van der Waals surface area contributed by atoms with Gasteiger partial charge >= 0.3 is 6.09 Å². The van der Waals surface area contributed by atoms with Crippen molar-refractivity contribution in [3.05, 3.63) is 17.6 Å². The van der Waals surface area contributed by atoms with E-state index >= 15 is 0 Å². The number of aromatic nitrogens is 2. The van der Waals surface area contributed by atoms with Gasteiger partial charge in [0.15, 0.2) is 0 Å². The first-order valence-corrected chi connectivity index (χ1v) is 8.84. The number of alkyl halides is 2. The van der Waals surface area contributed by atoms with E-state index < -0.39 is 5.92 Å². The van der Waals surface area contributed by atoms with Crippen molar-refractivity contribution in [1.82, 2.24) is 14.9 Å². The number of carbonyl (C=O) groups is 1. The molecular formula is C17H24F2N4O2. The summed E-state index contributed by atoms with van der Waals surface area (Å²) < 4.78 is 33.4. The van der Waals surface area contributed by atoms with Gasteiger partial charge in [-0.25, -0.2) is 14.8 Å². The fourth-order valence-corrected chi connectivity index (χ4v) is 3.46. The highest BCUT2D eigenvalue weighted by Gasteiger charge is 2.47. The lowest BCUT2D eigenvalue weighted by Crippen LogP contribution is -2.49. The van der Waals surface area contributed by atoms with E-state index in [9.17, 15) is 13.6 Å². The highest BCUT2D eigenvalue weighted by molar-refractivity contribution is 5.68.